The number of aliphatic hydroxyl groups excluding tert-OH is 1. The Morgan fingerprint density at radius 2 is 1.95 bits per heavy atom. The van der Waals surface area contributed by atoms with Crippen molar-refractivity contribution in [2.45, 2.75) is 10.6 Å². The van der Waals surface area contributed by atoms with Gasteiger partial charge in [-0.1, -0.05) is 24.0 Å². The third-order valence-corrected chi connectivity index (χ3v) is 3.77. The molecule has 2 rings (SSSR count). The average molecular weight is 299 g/mol. The van der Waals surface area contributed by atoms with Gasteiger partial charge in [0.1, 0.15) is 6.61 Å². The Morgan fingerprint density at radius 3 is 2.62 bits per heavy atom. The molecule has 106 valence electrons. The lowest BCUT2D eigenvalue weighted by molar-refractivity contribution is -0.384. The molecule has 2 aromatic rings. The van der Waals surface area contributed by atoms with Crippen molar-refractivity contribution in [3.05, 3.63) is 69.8 Å². The van der Waals surface area contributed by atoms with Gasteiger partial charge < -0.3 is 5.11 Å². The summed E-state index contributed by atoms with van der Waals surface area (Å²) in [7, 11) is 0. The number of nitrogens with zero attached hydrogens (tertiary/aromatic N) is 1. The van der Waals surface area contributed by atoms with Crippen LogP contribution in [0.3, 0.4) is 0 Å². The molecular weight excluding hydrogens is 286 g/mol. The largest absolute Gasteiger partial charge is 0.384 e. The highest BCUT2D eigenvalue weighted by Crippen LogP contribution is 2.25. The lowest BCUT2D eigenvalue weighted by Crippen LogP contribution is -1.87. The predicted octanol–water partition coefficient (Wildman–Crippen LogP) is 3.23. The quantitative estimate of drug-likeness (QED) is 0.407. The summed E-state index contributed by atoms with van der Waals surface area (Å²) in [4.78, 5) is 11.2. The van der Waals surface area contributed by atoms with E-state index in [-0.39, 0.29) is 12.3 Å². The Bertz CT molecular complexity index is 687. The smallest absolute Gasteiger partial charge is 0.269 e. The summed E-state index contributed by atoms with van der Waals surface area (Å²) in [5.41, 5.74) is 2.08. The fourth-order valence-electron chi connectivity index (χ4n) is 1.71. The maximum Gasteiger partial charge on any atom is 0.269 e. The van der Waals surface area contributed by atoms with Crippen LogP contribution in [0.25, 0.3) is 0 Å². The van der Waals surface area contributed by atoms with E-state index in [1.807, 2.05) is 24.3 Å². The molecule has 0 bridgehead atoms. The van der Waals surface area contributed by atoms with E-state index in [9.17, 15) is 10.1 Å². The highest BCUT2D eigenvalue weighted by Gasteiger charge is 2.04. The molecule has 0 saturated carbocycles. The van der Waals surface area contributed by atoms with Crippen molar-refractivity contribution in [2.24, 2.45) is 0 Å². The number of rotatable bonds is 4. The minimum Gasteiger partial charge on any atom is -0.384 e. The van der Waals surface area contributed by atoms with Crippen LogP contribution in [0.4, 0.5) is 5.69 Å². The molecule has 0 radical (unpaired) electrons. The minimum absolute atomic E-state index is 0.0978. The fourth-order valence-corrected chi connectivity index (χ4v) is 2.55. The topological polar surface area (TPSA) is 63.4 Å². The second-order valence-electron chi connectivity index (χ2n) is 4.20. The standard InChI is InChI=1S/C16H13NO3S/c18-10-2-5-13-3-1-4-14(11-13)12-21-16-8-6-15(7-9-16)17(19)20/h1,3-4,6-9,11,18H,10,12H2. The third kappa shape index (κ3) is 4.63. The Morgan fingerprint density at radius 1 is 1.19 bits per heavy atom. The zero-order valence-corrected chi connectivity index (χ0v) is 12.0. The highest BCUT2D eigenvalue weighted by atomic mass is 32.2. The number of hydrogen-bond donors (Lipinski definition) is 1. The van der Waals surface area contributed by atoms with Crippen molar-refractivity contribution >= 4 is 17.4 Å². The van der Waals surface area contributed by atoms with Crippen LogP contribution in [-0.2, 0) is 5.75 Å². The van der Waals surface area contributed by atoms with Gasteiger partial charge in [0.15, 0.2) is 0 Å². The van der Waals surface area contributed by atoms with E-state index in [4.69, 9.17) is 5.11 Å². The van der Waals surface area contributed by atoms with Crippen LogP contribution in [0.1, 0.15) is 11.1 Å². The van der Waals surface area contributed by atoms with E-state index in [0.717, 1.165) is 21.8 Å². The van der Waals surface area contributed by atoms with E-state index in [0.29, 0.717) is 0 Å². The monoisotopic (exact) mass is 299 g/mol. The van der Waals surface area contributed by atoms with Gasteiger partial charge in [-0.15, -0.1) is 11.8 Å². The Balaban J connectivity index is 2.01. The van der Waals surface area contributed by atoms with Gasteiger partial charge in [-0.05, 0) is 29.8 Å². The van der Waals surface area contributed by atoms with E-state index < -0.39 is 4.92 Å². The first-order valence-corrected chi connectivity index (χ1v) is 7.23. The van der Waals surface area contributed by atoms with Crippen molar-refractivity contribution in [1.29, 1.82) is 0 Å². The minimum atomic E-state index is -0.405. The van der Waals surface area contributed by atoms with Crippen LogP contribution in [0, 0.1) is 22.0 Å². The normalized spacial score (nSPS) is 9.76. The van der Waals surface area contributed by atoms with Gasteiger partial charge >= 0.3 is 0 Å². The van der Waals surface area contributed by atoms with Crippen LogP contribution in [-0.4, -0.2) is 16.6 Å². The Kier molecular flexibility index (Phi) is 5.38. The molecule has 0 aliphatic carbocycles. The van der Waals surface area contributed by atoms with Crippen LogP contribution in [0.15, 0.2) is 53.4 Å². The van der Waals surface area contributed by atoms with Crippen LogP contribution in [0.5, 0.6) is 0 Å². The lowest BCUT2D eigenvalue weighted by Gasteiger charge is -2.02. The van der Waals surface area contributed by atoms with Crippen molar-refractivity contribution in [2.75, 3.05) is 6.61 Å². The second-order valence-corrected chi connectivity index (χ2v) is 5.25. The summed E-state index contributed by atoms with van der Waals surface area (Å²) < 4.78 is 0. The molecule has 0 saturated heterocycles. The molecule has 0 spiro atoms. The highest BCUT2D eigenvalue weighted by molar-refractivity contribution is 7.98. The summed E-state index contributed by atoms with van der Waals surface area (Å²) in [5.74, 6) is 6.24. The molecule has 4 nitrogen and oxygen atoms in total. The zero-order valence-electron chi connectivity index (χ0n) is 11.2. The molecule has 0 unspecified atom stereocenters. The molecule has 0 aliphatic rings. The van der Waals surface area contributed by atoms with Gasteiger partial charge in [-0.2, -0.15) is 0 Å². The molecule has 0 fully saturated rings. The van der Waals surface area contributed by atoms with Crippen LogP contribution >= 0.6 is 11.8 Å². The molecule has 0 atom stereocenters. The van der Waals surface area contributed by atoms with E-state index in [1.54, 1.807) is 23.9 Å². The number of nitro groups is 1. The Hall–Kier alpha value is -2.29. The molecular formula is C16H13NO3S. The van der Waals surface area contributed by atoms with Gasteiger partial charge in [0, 0.05) is 28.3 Å². The van der Waals surface area contributed by atoms with E-state index in [2.05, 4.69) is 11.8 Å². The Labute approximate surface area is 127 Å². The molecule has 0 amide bonds. The van der Waals surface area contributed by atoms with E-state index in [1.165, 1.54) is 12.1 Å². The van der Waals surface area contributed by atoms with Crippen LogP contribution in [0.2, 0.25) is 0 Å². The maximum absolute atomic E-state index is 10.6. The number of benzene rings is 2. The molecule has 5 heteroatoms. The first kappa shape index (κ1) is 15.1. The molecule has 0 heterocycles. The predicted molar refractivity (Wildman–Crippen MR) is 83.1 cm³/mol. The number of thioether (sulfide) groups is 1. The summed E-state index contributed by atoms with van der Waals surface area (Å²) in [6.07, 6.45) is 0. The van der Waals surface area contributed by atoms with E-state index >= 15 is 0 Å². The number of nitro benzene ring substituents is 1. The fraction of sp³-hybridized carbons (Fsp3) is 0.125. The maximum atomic E-state index is 10.6. The summed E-state index contributed by atoms with van der Waals surface area (Å²) in [6.45, 7) is -0.151. The summed E-state index contributed by atoms with van der Waals surface area (Å²) >= 11 is 1.61. The molecule has 1 N–H and O–H groups in total. The third-order valence-electron chi connectivity index (χ3n) is 2.69. The second kappa shape index (κ2) is 7.48. The summed E-state index contributed by atoms with van der Waals surface area (Å²) in [6, 6.07) is 14.3. The van der Waals surface area contributed by atoms with Gasteiger partial charge in [-0.25, -0.2) is 0 Å². The SMILES string of the molecule is O=[N+]([O-])c1ccc(SCc2cccc(C#CCO)c2)cc1. The van der Waals surface area contributed by atoms with Gasteiger partial charge in [0.25, 0.3) is 5.69 Å². The van der Waals surface area contributed by atoms with Crippen molar-refractivity contribution in [3.63, 3.8) is 0 Å². The number of hydrogen-bond acceptors (Lipinski definition) is 4. The first-order valence-electron chi connectivity index (χ1n) is 6.25. The average Bonchev–Trinajstić information content (AvgIpc) is 2.52. The molecule has 21 heavy (non-hydrogen) atoms. The van der Waals surface area contributed by atoms with Gasteiger partial charge in [0.05, 0.1) is 4.92 Å². The van der Waals surface area contributed by atoms with Crippen molar-refractivity contribution in [3.8, 4) is 11.8 Å². The van der Waals surface area contributed by atoms with Crippen molar-refractivity contribution in [1.82, 2.24) is 0 Å². The lowest BCUT2D eigenvalue weighted by atomic mass is 10.1. The van der Waals surface area contributed by atoms with Gasteiger partial charge in [0.2, 0.25) is 0 Å². The van der Waals surface area contributed by atoms with Crippen molar-refractivity contribution < 1.29 is 10.0 Å². The molecule has 0 aliphatic heterocycles. The number of non-ortho nitro benzene ring substituents is 1. The zero-order chi connectivity index (χ0) is 15.1. The summed E-state index contributed by atoms with van der Waals surface area (Å²) in [5, 5.41) is 19.3. The van der Waals surface area contributed by atoms with Crippen LogP contribution < -0.4 is 0 Å². The molecule has 0 aromatic heterocycles. The molecule has 2 aromatic carbocycles. The first-order chi connectivity index (χ1) is 10.2. The number of aliphatic hydroxyl groups is 1. The van der Waals surface area contributed by atoms with Gasteiger partial charge in [-0.3, -0.25) is 10.1 Å².